The lowest BCUT2D eigenvalue weighted by Crippen LogP contribution is -1.93. The summed E-state index contributed by atoms with van der Waals surface area (Å²) in [6, 6.07) is 0.0351. The second kappa shape index (κ2) is 2.67. The number of nitrogens with two attached hydrogens (primary N) is 2. The van der Waals surface area contributed by atoms with Crippen LogP contribution in [0.1, 0.15) is 5.56 Å². The number of anilines is 2. The summed E-state index contributed by atoms with van der Waals surface area (Å²) in [5, 5.41) is 8.74. The van der Waals surface area contributed by atoms with E-state index in [1.807, 2.05) is 0 Å². The third kappa shape index (κ3) is 1.11. The predicted octanol–water partition coefficient (Wildman–Crippen LogP) is 0.120. The summed E-state index contributed by atoms with van der Waals surface area (Å²) in [6.07, 6.45) is 0.369. The fraction of sp³-hybridized carbons (Fsp3) is 0.286. The molecule has 0 aliphatic heterocycles. The number of fused-ring (bicyclic) bond motifs is 1. The minimum absolute atomic E-state index is 0.0283. The molecule has 5 N–H and O–H groups in total. The van der Waals surface area contributed by atoms with E-state index >= 15 is 0 Å². The van der Waals surface area contributed by atoms with Gasteiger partial charge in [-0.15, -0.1) is 0 Å². The van der Waals surface area contributed by atoms with Crippen LogP contribution in [-0.4, -0.2) is 16.7 Å². The van der Waals surface area contributed by atoms with Crippen molar-refractivity contribution in [2.24, 2.45) is 0 Å². The summed E-state index contributed by atoms with van der Waals surface area (Å²) in [5.41, 5.74) is 12.1. The van der Waals surface area contributed by atoms with Gasteiger partial charge >= 0.3 is 0 Å². The summed E-state index contributed by atoms with van der Waals surface area (Å²) in [4.78, 5) is 3.76. The number of oxazole rings is 1. The van der Waals surface area contributed by atoms with Crippen molar-refractivity contribution in [3.63, 3.8) is 0 Å². The molecule has 0 spiro atoms. The topological polar surface area (TPSA) is 111 Å². The standard InChI is InChI=1S/C7H9N3O3/c8-5-3(1-2-11)4-6(13-5)10-7(9)12-4/h11H,1-2,8H2,(H2,9,10). The maximum Gasteiger partial charge on any atom is 0.295 e. The van der Waals surface area contributed by atoms with Gasteiger partial charge < -0.3 is 25.4 Å². The van der Waals surface area contributed by atoms with Gasteiger partial charge in [-0.05, 0) is 0 Å². The molecular weight excluding hydrogens is 174 g/mol. The fourth-order valence-corrected chi connectivity index (χ4v) is 1.21. The maximum atomic E-state index is 8.74. The summed E-state index contributed by atoms with van der Waals surface area (Å²) in [6.45, 7) is -0.0283. The molecule has 2 rings (SSSR count). The lowest BCUT2D eigenvalue weighted by Gasteiger charge is -1.92. The molecule has 6 heteroatoms. The Hall–Kier alpha value is -1.69. The van der Waals surface area contributed by atoms with Crippen LogP contribution in [0.2, 0.25) is 0 Å². The van der Waals surface area contributed by atoms with Crippen molar-refractivity contribution in [2.45, 2.75) is 6.42 Å². The highest BCUT2D eigenvalue weighted by Crippen LogP contribution is 2.29. The van der Waals surface area contributed by atoms with Gasteiger partial charge in [0.1, 0.15) is 0 Å². The number of hydrogen-bond acceptors (Lipinski definition) is 6. The zero-order valence-electron chi connectivity index (χ0n) is 6.78. The first kappa shape index (κ1) is 7.93. The normalized spacial score (nSPS) is 11.2. The van der Waals surface area contributed by atoms with E-state index in [1.54, 1.807) is 0 Å². The molecule has 6 nitrogen and oxygen atoms in total. The molecule has 0 fully saturated rings. The van der Waals surface area contributed by atoms with Crippen LogP contribution in [0.3, 0.4) is 0 Å². The number of furan rings is 1. The third-order valence-electron chi connectivity index (χ3n) is 1.75. The molecule has 2 aromatic rings. The van der Waals surface area contributed by atoms with Crippen LogP contribution >= 0.6 is 0 Å². The second-order valence-corrected chi connectivity index (χ2v) is 2.60. The van der Waals surface area contributed by atoms with Crippen molar-refractivity contribution in [3.05, 3.63) is 5.56 Å². The molecule has 0 aliphatic rings. The molecule has 0 unspecified atom stereocenters. The summed E-state index contributed by atoms with van der Waals surface area (Å²) in [7, 11) is 0. The predicted molar refractivity (Wildman–Crippen MR) is 45.9 cm³/mol. The number of rotatable bonds is 2. The average molecular weight is 183 g/mol. The minimum Gasteiger partial charge on any atom is -0.420 e. The van der Waals surface area contributed by atoms with Crippen molar-refractivity contribution in [2.75, 3.05) is 18.1 Å². The molecule has 0 atom stereocenters. The van der Waals surface area contributed by atoms with Gasteiger partial charge in [-0.25, -0.2) is 0 Å². The van der Waals surface area contributed by atoms with Crippen LogP contribution in [0, 0.1) is 0 Å². The molecule has 0 amide bonds. The number of hydrogen-bond donors (Lipinski definition) is 3. The summed E-state index contributed by atoms with van der Waals surface area (Å²) < 4.78 is 10.1. The highest BCUT2D eigenvalue weighted by Gasteiger charge is 2.16. The summed E-state index contributed by atoms with van der Waals surface area (Å²) >= 11 is 0. The van der Waals surface area contributed by atoms with Gasteiger partial charge in [0.2, 0.25) is 5.58 Å². The molecule has 0 radical (unpaired) electrons. The van der Waals surface area contributed by atoms with Gasteiger partial charge in [-0.1, -0.05) is 0 Å². The van der Waals surface area contributed by atoms with Crippen LogP contribution in [0.5, 0.6) is 0 Å². The Morgan fingerprint density at radius 2 is 2.08 bits per heavy atom. The molecule has 0 saturated carbocycles. The van der Waals surface area contributed by atoms with E-state index in [0.29, 0.717) is 17.6 Å². The molecule has 0 bridgehead atoms. The lowest BCUT2D eigenvalue weighted by molar-refractivity contribution is 0.299. The highest BCUT2D eigenvalue weighted by atomic mass is 16.4. The summed E-state index contributed by atoms with van der Waals surface area (Å²) in [5.74, 6) is 0.218. The number of aliphatic hydroxyl groups is 1. The van der Waals surface area contributed by atoms with Crippen molar-refractivity contribution < 1.29 is 13.9 Å². The Morgan fingerprint density at radius 3 is 2.77 bits per heavy atom. The van der Waals surface area contributed by atoms with E-state index in [-0.39, 0.29) is 24.2 Å². The fourth-order valence-electron chi connectivity index (χ4n) is 1.21. The smallest absolute Gasteiger partial charge is 0.295 e. The quantitative estimate of drug-likeness (QED) is 0.609. The molecular formula is C7H9N3O3. The van der Waals surface area contributed by atoms with Gasteiger partial charge in [0, 0.05) is 13.0 Å². The Morgan fingerprint density at radius 1 is 1.31 bits per heavy atom. The highest BCUT2D eigenvalue weighted by molar-refractivity contribution is 5.77. The van der Waals surface area contributed by atoms with E-state index in [1.165, 1.54) is 0 Å². The van der Waals surface area contributed by atoms with Crippen molar-refractivity contribution in [1.29, 1.82) is 0 Å². The molecule has 2 heterocycles. The van der Waals surface area contributed by atoms with Gasteiger partial charge in [0.25, 0.3) is 11.7 Å². The molecule has 0 aliphatic carbocycles. The SMILES string of the molecule is Nc1nc2oc(N)c(CCO)c2o1. The van der Waals surface area contributed by atoms with Crippen LogP contribution < -0.4 is 11.5 Å². The van der Waals surface area contributed by atoms with Crippen LogP contribution in [0.15, 0.2) is 8.83 Å². The Kier molecular flexibility index (Phi) is 1.63. The van der Waals surface area contributed by atoms with E-state index in [2.05, 4.69) is 4.98 Å². The zero-order chi connectivity index (χ0) is 9.42. The zero-order valence-corrected chi connectivity index (χ0v) is 6.78. The number of nitrogens with zero attached hydrogens (tertiary/aromatic N) is 1. The van der Waals surface area contributed by atoms with Crippen LogP contribution in [0.25, 0.3) is 11.3 Å². The van der Waals surface area contributed by atoms with Crippen molar-refractivity contribution in [1.82, 2.24) is 4.98 Å². The second-order valence-electron chi connectivity index (χ2n) is 2.60. The van der Waals surface area contributed by atoms with Gasteiger partial charge in [-0.2, -0.15) is 4.98 Å². The average Bonchev–Trinajstić information content (AvgIpc) is 2.52. The van der Waals surface area contributed by atoms with E-state index < -0.39 is 0 Å². The Bertz CT molecular complexity index is 431. The van der Waals surface area contributed by atoms with Crippen LogP contribution in [-0.2, 0) is 6.42 Å². The molecule has 13 heavy (non-hydrogen) atoms. The van der Waals surface area contributed by atoms with Crippen molar-refractivity contribution in [3.8, 4) is 0 Å². The molecule has 2 aromatic heterocycles. The Labute approximate surface area is 73.1 Å². The van der Waals surface area contributed by atoms with Gasteiger partial charge in [0.05, 0.1) is 5.56 Å². The van der Waals surface area contributed by atoms with Gasteiger partial charge in [0.15, 0.2) is 5.88 Å². The largest absolute Gasteiger partial charge is 0.420 e. The van der Waals surface area contributed by atoms with Gasteiger partial charge in [-0.3, -0.25) is 0 Å². The van der Waals surface area contributed by atoms with Crippen molar-refractivity contribution >= 4 is 23.2 Å². The Balaban J connectivity index is 2.61. The first-order valence-electron chi connectivity index (χ1n) is 3.76. The monoisotopic (exact) mass is 183 g/mol. The number of nitrogen functional groups attached to an aromatic ring is 2. The number of aliphatic hydroxyl groups excluding tert-OH is 1. The maximum absolute atomic E-state index is 8.74. The van der Waals surface area contributed by atoms with E-state index in [4.69, 9.17) is 25.4 Å². The lowest BCUT2D eigenvalue weighted by atomic mass is 10.2. The van der Waals surface area contributed by atoms with Crippen LogP contribution in [0.4, 0.5) is 11.9 Å². The molecule has 0 aromatic carbocycles. The van der Waals surface area contributed by atoms with E-state index in [9.17, 15) is 0 Å². The first-order chi connectivity index (χ1) is 6.22. The molecule has 0 saturated heterocycles. The van der Waals surface area contributed by atoms with E-state index in [0.717, 1.165) is 0 Å². The first-order valence-corrected chi connectivity index (χ1v) is 3.76. The third-order valence-corrected chi connectivity index (χ3v) is 1.75. The number of aromatic nitrogens is 1. The molecule has 70 valence electrons. The minimum atomic E-state index is -0.0283.